The van der Waals surface area contributed by atoms with Gasteiger partial charge in [0.1, 0.15) is 0 Å². The van der Waals surface area contributed by atoms with Crippen LogP contribution in [0.25, 0.3) is 0 Å². The monoisotopic (exact) mass is 168 g/mol. The molecule has 68 valence electrons. The summed E-state index contributed by atoms with van der Waals surface area (Å²) in [7, 11) is 0. The molecule has 0 bridgehead atoms. The predicted molar refractivity (Wildman–Crippen MR) is 47.3 cm³/mol. The van der Waals surface area contributed by atoms with Crippen molar-refractivity contribution in [1.82, 2.24) is 4.90 Å². The van der Waals surface area contributed by atoms with Gasteiger partial charge in [-0.3, -0.25) is 4.79 Å². The molecule has 0 radical (unpaired) electrons. The molecule has 0 aliphatic heterocycles. The topological polar surface area (TPSA) is 44.1 Å². The highest BCUT2D eigenvalue weighted by molar-refractivity contribution is 5.75. The normalized spacial score (nSPS) is 11.8. The molecule has 12 heavy (non-hydrogen) atoms. The summed E-state index contributed by atoms with van der Waals surface area (Å²) in [6.45, 7) is 6.84. The van der Waals surface area contributed by atoms with Crippen LogP contribution in [0, 0.1) is 17.2 Å². The Balaban J connectivity index is 4.01. The third-order valence-corrected chi connectivity index (χ3v) is 1.75. The Hall–Kier alpha value is -1.04. The minimum atomic E-state index is -0.0690. The van der Waals surface area contributed by atoms with E-state index in [1.807, 2.05) is 20.8 Å². The van der Waals surface area contributed by atoms with E-state index in [0.717, 1.165) is 0 Å². The van der Waals surface area contributed by atoms with Gasteiger partial charge in [0, 0.05) is 19.5 Å². The maximum absolute atomic E-state index is 11.2. The minimum absolute atomic E-state index is 0.0690. The molecule has 1 amide bonds. The Morgan fingerprint density at radius 2 is 2.17 bits per heavy atom. The van der Waals surface area contributed by atoms with Crippen molar-refractivity contribution in [3.63, 3.8) is 0 Å². The number of nitrogens with zero attached hydrogens (tertiary/aromatic N) is 2. The molecule has 0 aromatic carbocycles. The summed E-state index contributed by atoms with van der Waals surface area (Å²) in [6.07, 6.45) is 0.520. The molecule has 0 spiro atoms. The molecule has 3 heteroatoms. The second-order valence-electron chi connectivity index (χ2n) is 2.82. The van der Waals surface area contributed by atoms with E-state index in [2.05, 4.69) is 6.07 Å². The molecular weight excluding hydrogens is 152 g/mol. The smallest absolute Gasteiger partial charge is 0.222 e. The van der Waals surface area contributed by atoms with Gasteiger partial charge in [-0.2, -0.15) is 5.26 Å². The predicted octanol–water partition coefficient (Wildman–Crippen LogP) is 1.40. The van der Waals surface area contributed by atoms with Gasteiger partial charge in [0.2, 0.25) is 5.91 Å². The van der Waals surface area contributed by atoms with Crippen molar-refractivity contribution in [3.05, 3.63) is 0 Å². The number of carbonyl (C=O) groups excluding carboxylic acids is 1. The lowest BCUT2D eigenvalue weighted by atomic mass is 10.2. The van der Waals surface area contributed by atoms with Gasteiger partial charge in [-0.05, 0) is 13.8 Å². The zero-order valence-electron chi connectivity index (χ0n) is 8.00. The van der Waals surface area contributed by atoms with Crippen LogP contribution in [0.2, 0.25) is 0 Å². The third kappa shape index (κ3) is 3.38. The molecule has 0 saturated heterocycles. The zero-order chi connectivity index (χ0) is 9.56. The van der Waals surface area contributed by atoms with Crippen LogP contribution in [0.4, 0.5) is 0 Å². The molecule has 0 aliphatic rings. The fraction of sp³-hybridized carbons (Fsp3) is 0.778. The van der Waals surface area contributed by atoms with Crippen molar-refractivity contribution < 1.29 is 4.79 Å². The second-order valence-corrected chi connectivity index (χ2v) is 2.82. The van der Waals surface area contributed by atoms with Crippen LogP contribution in [-0.2, 0) is 4.79 Å². The first-order valence-corrected chi connectivity index (χ1v) is 4.33. The molecule has 0 aromatic rings. The number of hydrogen-bond acceptors (Lipinski definition) is 2. The lowest BCUT2D eigenvalue weighted by Gasteiger charge is -2.20. The molecule has 1 atom stereocenters. The molecule has 0 aromatic heterocycles. The summed E-state index contributed by atoms with van der Waals surface area (Å²) in [5, 5.41) is 8.55. The lowest BCUT2D eigenvalue weighted by Crippen LogP contribution is -2.33. The van der Waals surface area contributed by atoms with Crippen molar-refractivity contribution in [1.29, 1.82) is 5.26 Å². The van der Waals surface area contributed by atoms with Gasteiger partial charge < -0.3 is 4.90 Å². The van der Waals surface area contributed by atoms with Crippen LogP contribution in [0.5, 0.6) is 0 Å². The Morgan fingerprint density at radius 1 is 1.58 bits per heavy atom. The Morgan fingerprint density at radius 3 is 2.50 bits per heavy atom. The van der Waals surface area contributed by atoms with Crippen LogP contribution in [0.1, 0.15) is 27.2 Å². The molecule has 0 saturated carbocycles. The van der Waals surface area contributed by atoms with Gasteiger partial charge in [-0.15, -0.1) is 0 Å². The van der Waals surface area contributed by atoms with Gasteiger partial charge in [0.25, 0.3) is 0 Å². The van der Waals surface area contributed by atoms with Crippen LogP contribution < -0.4 is 0 Å². The lowest BCUT2D eigenvalue weighted by molar-refractivity contribution is -0.131. The first kappa shape index (κ1) is 11.0. The van der Waals surface area contributed by atoms with E-state index < -0.39 is 0 Å². The number of nitriles is 1. The maximum Gasteiger partial charge on any atom is 0.222 e. The highest BCUT2D eigenvalue weighted by Gasteiger charge is 2.11. The summed E-state index contributed by atoms with van der Waals surface area (Å²) in [6, 6.07) is 2.11. The average Bonchev–Trinajstić information content (AvgIpc) is 2.12. The van der Waals surface area contributed by atoms with Crippen LogP contribution in [-0.4, -0.2) is 23.9 Å². The van der Waals surface area contributed by atoms with E-state index in [4.69, 9.17) is 5.26 Å². The van der Waals surface area contributed by atoms with Crippen LogP contribution in [0.15, 0.2) is 0 Å². The van der Waals surface area contributed by atoms with Gasteiger partial charge in [-0.1, -0.05) is 6.92 Å². The molecule has 0 rings (SSSR count). The largest absolute Gasteiger partial charge is 0.342 e. The summed E-state index contributed by atoms with van der Waals surface area (Å²) in [5.74, 6) is 0.0556. The maximum atomic E-state index is 11.2. The fourth-order valence-corrected chi connectivity index (χ4v) is 1.00. The summed E-state index contributed by atoms with van der Waals surface area (Å²) in [4.78, 5) is 12.9. The third-order valence-electron chi connectivity index (χ3n) is 1.75. The van der Waals surface area contributed by atoms with E-state index in [9.17, 15) is 4.79 Å². The molecule has 1 unspecified atom stereocenters. The van der Waals surface area contributed by atoms with E-state index in [0.29, 0.717) is 19.5 Å². The average molecular weight is 168 g/mol. The van der Waals surface area contributed by atoms with Gasteiger partial charge >= 0.3 is 0 Å². The quantitative estimate of drug-likeness (QED) is 0.637. The van der Waals surface area contributed by atoms with Crippen molar-refractivity contribution >= 4 is 5.91 Å². The minimum Gasteiger partial charge on any atom is -0.342 e. The van der Waals surface area contributed by atoms with Crippen molar-refractivity contribution in [2.24, 2.45) is 5.92 Å². The van der Waals surface area contributed by atoms with Crippen molar-refractivity contribution in [2.75, 3.05) is 13.1 Å². The number of carbonyl (C=O) groups is 1. The molecule has 0 fully saturated rings. The first-order valence-electron chi connectivity index (χ1n) is 4.33. The Bertz CT molecular complexity index is 183. The molecular formula is C9H16N2O. The summed E-state index contributed by atoms with van der Waals surface area (Å²) < 4.78 is 0. The van der Waals surface area contributed by atoms with Gasteiger partial charge in [0.15, 0.2) is 0 Å². The van der Waals surface area contributed by atoms with Crippen LogP contribution >= 0.6 is 0 Å². The highest BCUT2D eigenvalue weighted by Crippen LogP contribution is 2.00. The Kier molecular flexibility index (Phi) is 5.11. The zero-order valence-corrected chi connectivity index (χ0v) is 8.00. The van der Waals surface area contributed by atoms with Crippen LogP contribution in [0.3, 0.4) is 0 Å². The molecule has 3 nitrogen and oxygen atoms in total. The molecule has 0 heterocycles. The number of amides is 1. The second kappa shape index (κ2) is 5.59. The number of rotatable bonds is 4. The van der Waals surface area contributed by atoms with E-state index in [1.165, 1.54) is 0 Å². The van der Waals surface area contributed by atoms with E-state index >= 15 is 0 Å². The van der Waals surface area contributed by atoms with Gasteiger partial charge in [-0.25, -0.2) is 0 Å². The summed E-state index contributed by atoms with van der Waals surface area (Å²) in [5.41, 5.74) is 0. The fourth-order valence-electron chi connectivity index (χ4n) is 1.00. The molecule has 0 N–H and O–H groups in total. The molecule has 0 aliphatic carbocycles. The highest BCUT2D eigenvalue weighted by atomic mass is 16.2. The van der Waals surface area contributed by atoms with E-state index in [-0.39, 0.29) is 11.8 Å². The van der Waals surface area contributed by atoms with Gasteiger partial charge in [0.05, 0.1) is 12.0 Å². The summed E-state index contributed by atoms with van der Waals surface area (Å²) >= 11 is 0. The SMILES string of the molecule is CCC(=O)N(CC)CC(C)C#N. The van der Waals surface area contributed by atoms with Crippen molar-refractivity contribution in [2.45, 2.75) is 27.2 Å². The first-order chi connectivity index (χ1) is 5.65. The number of hydrogen-bond donors (Lipinski definition) is 0. The Labute approximate surface area is 74.0 Å². The van der Waals surface area contributed by atoms with Crippen molar-refractivity contribution in [3.8, 4) is 6.07 Å². The standard InChI is InChI=1S/C9H16N2O/c1-4-9(12)11(5-2)7-8(3)6-10/h8H,4-5,7H2,1-3H3. The van der Waals surface area contributed by atoms with E-state index in [1.54, 1.807) is 4.90 Å².